The maximum atomic E-state index is 12.4. The topological polar surface area (TPSA) is 33.5 Å². The van der Waals surface area contributed by atoms with Crippen LogP contribution in [0.15, 0.2) is 24.8 Å². The number of carbonyl (C=O) groups is 1. The Kier molecular flexibility index (Phi) is 4.53. The van der Waals surface area contributed by atoms with E-state index in [1.807, 2.05) is 18.4 Å². The van der Waals surface area contributed by atoms with Crippen LogP contribution in [-0.2, 0) is 6.54 Å². The van der Waals surface area contributed by atoms with Crippen LogP contribution in [0.25, 0.3) is 0 Å². The Bertz CT molecular complexity index is 618. The zero-order valence-electron chi connectivity index (χ0n) is 10.8. The Hall–Kier alpha value is -0.590. The average molecular weight is 407 g/mol. The first-order chi connectivity index (χ1) is 8.90. The van der Waals surface area contributed by atoms with E-state index in [9.17, 15) is 4.79 Å². The number of carbonyl (C=O) groups excluding carboxylic acids is 1. The third kappa shape index (κ3) is 3.12. The molecule has 1 amide bonds. The summed E-state index contributed by atoms with van der Waals surface area (Å²) in [6.07, 6.45) is 0. The standard InChI is InChI=1S/C13H13Br2NO2S/c1-7-11(12(15)8(2)18-7)13(17)16(3)5-10-4-9(14)6-19-10/h4,6H,5H2,1-3H3. The van der Waals surface area contributed by atoms with Crippen LogP contribution in [0.1, 0.15) is 26.8 Å². The summed E-state index contributed by atoms with van der Waals surface area (Å²) in [7, 11) is 1.80. The minimum atomic E-state index is -0.0363. The summed E-state index contributed by atoms with van der Waals surface area (Å²) in [5.74, 6) is 1.34. The van der Waals surface area contributed by atoms with Crippen LogP contribution in [0.4, 0.5) is 0 Å². The molecule has 0 unspecified atom stereocenters. The molecule has 2 aromatic rings. The molecular weight excluding hydrogens is 394 g/mol. The van der Waals surface area contributed by atoms with Crippen LogP contribution >= 0.6 is 43.2 Å². The van der Waals surface area contributed by atoms with Crippen LogP contribution in [-0.4, -0.2) is 17.9 Å². The molecule has 2 rings (SSSR count). The molecule has 0 aliphatic rings. The summed E-state index contributed by atoms with van der Waals surface area (Å²) < 4.78 is 7.26. The van der Waals surface area contributed by atoms with E-state index in [-0.39, 0.29) is 5.91 Å². The number of hydrogen-bond acceptors (Lipinski definition) is 3. The van der Waals surface area contributed by atoms with Gasteiger partial charge in [-0.3, -0.25) is 4.79 Å². The molecule has 0 aliphatic carbocycles. The lowest BCUT2D eigenvalue weighted by molar-refractivity contribution is 0.0784. The first-order valence-corrected chi connectivity index (χ1v) is 8.10. The van der Waals surface area contributed by atoms with Crippen molar-refractivity contribution in [2.24, 2.45) is 0 Å². The van der Waals surface area contributed by atoms with Crippen molar-refractivity contribution in [3.63, 3.8) is 0 Å². The lowest BCUT2D eigenvalue weighted by atomic mass is 10.2. The number of furan rings is 1. The van der Waals surface area contributed by atoms with Crippen molar-refractivity contribution in [1.29, 1.82) is 0 Å². The van der Waals surface area contributed by atoms with Crippen molar-refractivity contribution < 1.29 is 9.21 Å². The zero-order valence-corrected chi connectivity index (χ0v) is 14.8. The van der Waals surface area contributed by atoms with E-state index < -0.39 is 0 Å². The van der Waals surface area contributed by atoms with Gasteiger partial charge in [0.1, 0.15) is 11.5 Å². The first-order valence-electron chi connectivity index (χ1n) is 5.64. The van der Waals surface area contributed by atoms with Crippen LogP contribution in [0.5, 0.6) is 0 Å². The Morgan fingerprint density at radius 2 is 2.05 bits per heavy atom. The Morgan fingerprint density at radius 3 is 2.53 bits per heavy atom. The van der Waals surface area contributed by atoms with Crippen molar-refractivity contribution in [1.82, 2.24) is 4.90 Å². The second-order valence-corrected chi connectivity index (χ2v) is 7.00. The highest BCUT2D eigenvalue weighted by molar-refractivity contribution is 9.10. The maximum absolute atomic E-state index is 12.4. The molecule has 2 aromatic heterocycles. The number of thiophene rings is 1. The van der Waals surface area contributed by atoms with Gasteiger partial charge in [-0.15, -0.1) is 11.3 Å². The molecule has 19 heavy (non-hydrogen) atoms. The largest absolute Gasteiger partial charge is 0.465 e. The Labute approximate surface area is 132 Å². The van der Waals surface area contributed by atoms with E-state index in [0.29, 0.717) is 17.9 Å². The summed E-state index contributed by atoms with van der Waals surface area (Å²) in [6.45, 7) is 4.23. The molecule has 0 bridgehead atoms. The van der Waals surface area contributed by atoms with Gasteiger partial charge in [0.25, 0.3) is 5.91 Å². The van der Waals surface area contributed by atoms with Gasteiger partial charge in [-0.1, -0.05) is 0 Å². The van der Waals surface area contributed by atoms with Gasteiger partial charge in [-0.25, -0.2) is 0 Å². The number of nitrogens with zero attached hydrogens (tertiary/aromatic N) is 1. The first kappa shape index (κ1) is 14.8. The highest BCUT2D eigenvalue weighted by Gasteiger charge is 2.23. The zero-order chi connectivity index (χ0) is 14.2. The minimum Gasteiger partial charge on any atom is -0.465 e. The molecule has 0 saturated heterocycles. The molecule has 0 atom stereocenters. The molecule has 0 spiro atoms. The number of amides is 1. The van der Waals surface area contributed by atoms with Gasteiger partial charge in [0.05, 0.1) is 16.6 Å². The fourth-order valence-electron chi connectivity index (χ4n) is 1.83. The molecule has 0 fully saturated rings. The number of hydrogen-bond donors (Lipinski definition) is 0. The molecule has 102 valence electrons. The Balaban J connectivity index is 2.19. The molecule has 0 saturated carbocycles. The predicted octanol–water partition coefficient (Wildman–Crippen LogP) is 4.76. The second kappa shape index (κ2) is 5.81. The normalized spacial score (nSPS) is 10.8. The van der Waals surface area contributed by atoms with Crippen LogP contribution in [0, 0.1) is 13.8 Å². The SMILES string of the molecule is Cc1oc(C)c(C(=O)N(C)Cc2cc(Br)cs2)c1Br. The fraction of sp³-hybridized carbons (Fsp3) is 0.308. The van der Waals surface area contributed by atoms with E-state index >= 15 is 0 Å². The summed E-state index contributed by atoms with van der Waals surface area (Å²) in [6, 6.07) is 2.02. The summed E-state index contributed by atoms with van der Waals surface area (Å²) in [5.41, 5.74) is 0.607. The van der Waals surface area contributed by atoms with Crippen LogP contribution in [0.2, 0.25) is 0 Å². The quantitative estimate of drug-likeness (QED) is 0.736. The lowest BCUT2D eigenvalue weighted by Crippen LogP contribution is -2.26. The molecule has 2 heterocycles. The highest BCUT2D eigenvalue weighted by Crippen LogP contribution is 2.29. The number of halogens is 2. The van der Waals surface area contributed by atoms with Gasteiger partial charge in [-0.05, 0) is 51.8 Å². The molecule has 0 aliphatic heterocycles. The van der Waals surface area contributed by atoms with Crippen molar-refractivity contribution in [2.75, 3.05) is 7.05 Å². The Morgan fingerprint density at radius 1 is 1.37 bits per heavy atom. The summed E-state index contributed by atoms with van der Waals surface area (Å²) >= 11 is 8.46. The predicted molar refractivity (Wildman–Crippen MR) is 83.7 cm³/mol. The van der Waals surface area contributed by atoms with Crippen molar-refractivity contribution >= 4 is 49.1 Å². The number of aryl methyl sites for hydroxylation is 2. The minimum absolute atomic E-state index is 0.0363. The van der Waals surface area contributed by atoms with Crippen LogP contribution in [0.3, 0.4) is 0 Å². The molecule has 0 aromatic carbocycles. The van der Waals surface area contributed by atoms with Gasteiger partial charge in [0, 0.05) is 21.8 Å². The monoisotopic (exact) mass is 405 g/mol. The molecular formula is C13H13Br2NO2S. The van der Waals surface area contributed by atoms with Gasteiger partial charge >= 0.3 is 0 Å². The van der Waals surface area contributed by atoms with Gasteiger partial charge in [0.15, 0.2) is 0 Å². The van der Waals surface area contributed by atoms with Crippen molar-refractivity contribution in [3.05, 3.63) is 42.4 Å². The molecule has 0 N–H and O–H groups in total. The second-order valence-electron chi connectivity index (χ2n) is 4.30. The number of rotatable bonds is 3. The average Bonchev–Trinajstić information content (AvgIpc) is 2.84. The van der Waals surface area contributed by atoms with E-state index in [1.54, 1.807) is 30.2 Å². The van der Waals surface area contributed by atoms with Gasteiger partial charge in [-0.2, -0.15) is 0 Å². The maximum Gasteiger partial charge on any atom is 0.258 e. The van der Waals surface area contributed by atoms with Crippen LogP contribution < -0.4 is 0 Å². The van der Waals surface area contributed by atoms with Gasteiger partial charge < -0.3 is 9.32 Å². The summed E-state index contributed by atoms with van der Waals surface area (Å²) in [5, 5.41) is 2.01. The molecule has 3 nitrogen and oxygen atoms in total. The molecule has 6 heteroatoms. The van der Waals surface area contributed by atoms with Crippen molar-refractivity contribution in [3.8, 4) is 0 Å². The summed E-state index contributed by atoms with van der Waals surface area (Å²) in [4.78, 5) is 15.3. The highest BCUT2D eigenvalue weighted by atomic mass is 79.9. The van der Waals surface area contributed by atoms with Crippen molar-refractivity contribution in [2.45, 2.75) is 20.4 Å². The third-order valence-electron chi connectivity index (χ3n) is 2.76. The fourth-order valence-corrected chi connectivity index (χ4v) is 3.87. The van der Waals surface area contributed by atoms with Gasteiger partial charge in [0.2, 0.25) is 0 Å². The lowest BCUT2D eigenvalue weighted by Gasteiger charge is -2.16. The van der Waals surface area contributed by atoms with E-state index in [4.69, 9.17) is 4.42 Å². The molecule has 0 radical (unpaired) electrons. The smallest absolute Gasteiger partial charge is 0.258 e. The van der Waals surface area contributed by atoms with E-state index in [1.165, 1.54) is 0 Å². The van der Waals surface area contributed by atoms with E-state index in [0.717, 1.165) is 19.6 Å². The van der Waals surface area contributed by atoms with E-state index in [2.05, 4.69) is 31.9 Å². The third-order valence-corrected chi connectivity index (χ3v) is 5.40.